The highest BCUT2D eigenvalue weighted by Gasteiger charge is 2.13. The molecular formula is C23H14BrFN4O2. The second-order valence-corrected chi connectivity index (χ2v) is 8.03. The van der Waals surface area contributed by atoms with Crippen molar-refractivity contribution >= 4 is 37.6 Å². The first-order valence-electron chi connectivity index (χ1n) is 9.44. The zero-order valence-corrected chi connectivity index (χ0v) is 17.5. The number of aromatic nitrogens is 4. The molecule has 0 atom stereocenters. The molecule has 31 heavy (non-hydrogen) atoms. The van der Waals surface area contributed by atoms with Crippen LogP contribution in [0.4, 0.5) is 4.39 Å². The van der Waals surface area contributed by atoms with Crippen molar-refractivity contribution in [1.29, 1.82) is 0 Å². The van der Waals surface area contributed by atoms with Crippen molar-refractivity contribution in [1.82, 2.24) is 20.2 Å². The summed E-state index contributed by atoms with van der Waals surface area (Å²) in [7, 11) is 0. The molecule has 0 aliphatic rings. The number of H-pyrrole nitrogens is 2. The van der Waals surface area contributed by atoms with Gasteiger partial charge in [-0.05, 0) is 42.0 Å². The molecule has 0 aliphatic carbocycles. The topological polar surface area (TPSA) is 91.5 Å². The SMILES string of the molecule is O=c1[nH]c(-c2cc(Cc3n[nH]c(=O)c4ccccc34)ccc2F)nc2ccc(Br)cc12. The zero-order chi connectivity index (χ0) is 21.5. The summed E-state index contributed by atoms with van der Waals surface area (Å²) in [4.78, 5) is 31.6. The Bertz CT molecular complexity index is 1590. The lowest BCUT2D eigenvalue weighted by Gasteiger charge is -2.09. The van der Waals surface area contributed by atoms with Crippen LogP contribution in [0.5, 0.6) is 0 Å². The van der Waals surface area contributed by atoms with Crippen LogP contribution >= 0.6 is 15.9 Å². The number of aromatic amines is 2. The normalized spacial score (nSPS) is 11.3. The summed E-state index contributed by atoms with van der Waals surface area (Å²) in [5, 5.41) is 8.38. The quantitative estimate of drug-likeness (QED) is 0.405. The number of nitrogens with one attached hydrogen (secondary N) is 2. The van der Waals surface area contributed by atoms with Gasteiger partial charge in [0.1, 0.15) is 11.6 Å². The molecule has 0 bridgehead atoms. The van der Waals surface area contributed by atoms with E-state index in [1.54, 1.807) is 42.5 Å². The van der Waals surface area contributed by atoms with E-state index in [9.17, 15) is 14.0 Å². The lowest BCUT2D eigenvalue weighted by Crippen LogP contribution is -2.11. The van der Waals surface area contributed by atoms with Crippen molar-refractivity contribution in [2.45, 2.75) is 6.42 Å². The summed E-state index contributed by atoms with van der Waals surface area (Å²) < 4.78 is 15.4. The molecular weight excluding hydrogens is 463 g/mol. The largest absolute Gasteiger partial charge is 0.306 e. The first-order valence-corrected chi connectivity index (χ1v) is 10.2. The fourth-order valence-electron chi connectivity index (χ4n) is 3.60. The van der Waals surface area contributed by atoms with E-state index in [-0.39, 0.29) is 22.5 Å². The molecule has 6 nitrogen and oxygen atoms in total. The average molecular weight is 477 g/mol. The Morgan fingerprint density at radius 1 is 0.903 bits per heavy atom. The van der Waals surface area contributed by atoms with Crippen LogP contribution in [0.15, 0.2) is 74.7 Å². The maximum atomic E-state index is 14.7. The molecule has 0 fully saturated rings. The van der Waals surface area contributed by atoms with Crippen molar-refractivity contribution in [3.63, 3.8) is 0 Å². The minimum atomic E-state index is -0.498. The highest BCUT2D eigenvalue weighted by atomic mass is 79.9. The van der Waals surface area contributed by atoms with Crippen LogP contribution in [0.1, 0.15) is 11.3 Å². The Kier molecular flexibility index (Phi) is 4.71. The van der Waals surface area contributed by atoms with Gasteiger partial charge in [0, 0.05) is 16.3 Å². The number of hydrogen-bond acceptors (Lipinski definition) is 4. The summed E-state index contributed by atoms with van der Waals surface area (Å²) >= 11 is 3.34. The van der Waals surface area contributed by atoms with Gasteiger partial charge >= 0.3 is 0 Å². The molecule has 2 heterocycles. The van der Waals surface area contributed by atoms with Crippen LogP contribution in [0.25, 0.3) is 33.1 Å². The van der Waals surface area contributed by atoms with E-state index in [4.69, 9.17) is 0 Å². The summed E-state index contributed by atoms with van der Waals surface area (Å²) in [6.45, 7) is 0. The Morgan fingerprint density at radius 3 is 2.55 bits per heavy atom. The fraction of sp³-hybridized carbons (Fsp3) is 0.0435. The lowest BCUT2D eigenvalue weighted by atomic mass is 10.0. The highest BCUT2D eigenvalue weighted by molar-refractivity contribution is 9.10. The van der Waals surface area contributed by atoms with Crippen LogP contribution in [-0.4, -0.2) is 20.2 Å². The lowest BCUT2D eigenvalue weighted by molar-refractivity contribution is 0.629. The van der Waals surface area contributed by atoms with Crippen LogP contribution in [0.2, 0.25) is 0 Å². The fourth-order valence-corrected chi connectivity index (χ4v) is 3.96. The van der Waals surface area contributed by atoms with Crippen molar-refractivity contribution in [3.8, 4) is 11.4 Å². The molecule has 5 rings (SSSR count). The van der Waals surface area contributed by atoms with E-state index in [1.807, 2.05) is 12.1 Å². The minimum Gasteiger partial charge on any atom is -0.306 e. The van der Waals surface area contributed by atoms with Gasteiger partial charge in [-0.3, -0.25) is 9.59 Å². The van der Waals surface area contributed by atoms with Crippen molar-refractivity contribution < 1.29 is 4.39 Å². The van der Waals surface area contributed by atoms with Crippen molar-refractivity contribution in [3.05, 3.63) is 103 Å². The van der Waals surface area contributed by atoms with Crippen LogP contribution in [-0.2, 0) is 6.42 Å². The van der Waals surface area contributed by atoms with Gasteiger partial charge in [-0.2, -0.15) is 5.10 Å². The molecule has 152 valence electrons. The predicted molar refractivity (Wildman–Crippen MR) is 121 cm³/mol. The molecule has 0 radical (unpaired) electrons. The first-order chi connectivity index (χ1) is 15.0. The van der Waals surface area contributed by atoms with Gasteiger partial charge in [0.05, 0.1) is 27.5 Å². The van der Waals surface area contributed by atoms with Crippen molar-refractivity contribution in [2.75, 3.05) is 0 Å². The number of nitrogens with zero attached hydrogens (tertiary/aromatic N) is 2. The molecule has 0 amide bonds. The van der Waals surface area contributed by atoms with E-state index in [1.165, 1.54) is 6.07 Å². The molecule has 8 heteroatoms. The summed E-state index contributed by atoms with van der Waals surface area (Å²) in [5.74, 6) is -0.346. The van der Waals surface area contributed by atoms with E-state index in [0.29, 0.717) is 28.4 Å². The number of rotatable bonds is 3. The van der Waals surface area contributed by atoms with Gasteiger partial charge in [0.25, 0.3) is 11.1 Å². The molecule has 0 saturated heterocycles. The maximum Gasteiger partial charge on any atom is 0.272 e. The Morgan fingerprint density at radius 2 is 1.71 bits per heavy atom. The van der Waals surface area contributed by atoms with Gasteiger partial charge < -0.3 is 4.98 Å². The predicted octanol–water partition coefficient (Wildman–Crippen LogP) is 4.32. The first kappa shape index (κ1) is 19.3. The Hall–Kier alpha value is -3.65. The third-order valence-corrected chi connectivity index (χ3v) is 5.59. The Labute approximate surface area is 182 Å². The third-order valence-electron chi connectivity index (χ3n) is 5.10. The van der Waals surface area contributed by atoms with E-state index in [0.717, 1.165) is 15.4 Å². The second-order valence-electron chi connectivity index (χ2n) is 7.11. The standard InChI is InChI=1S/C23H14BrFN4O2/c24-13-6-8-19-17(11-13)22(30)27-21(26-19)16-9-12(5-7-18(16)25)10-20-14-3-1-2-4-15(14)23(31)29-28-20/h1-9,11H,10H2,(H,29,31)(H,26,27,30). The molecule has 3 aromatic carbocycles. The van der Waals surface area contributed by atoms with Gasteiger partial charge in [0.15, 0.2) is 0 Å². The summed E-state index contributed by atoms with van der Waals surface area (Å²) in [6, 6.07) is 17.0. The van der Waals surface area contributed by atoms with Gasteiger partial charge in [0.2, 0.25) is 0 Å². The Balaban J connectivity index is 1.60. The number of hydrogen-bond donors (Lipinski definition) is 2. The van der Waals surface area contributed by atoms with E-state index < -0.39 is 5.82 Å². The zero-order valence-electron chi connectivity index (χ0n) is 15.9. The summed E-state index contributed by atoms with van der Waals surface area (Å²) in [5.41, 5.74) is 1.48. The van der Waals surface area contributed by atoms with Gasteiger partial charge in [-0.1, -0.05) is 40.2 Å². The summed E-state index contributed by atoms with van der Waals surface area (Å²) in [6.07, 6.45) is 0.370. The van der Waals surface area contributed by atoms with E-state index >= 15 is 0 Å². The molecule has 0 spiro atoms. The molecule has 0 saturated carbocycles. The van der Waals surface area contributed by atoms with Crippen LogP contribution in [0, 0.1) is 5.82 Å². The maximum absolute atomic E-state index is 14.7. The van der Waals surface area contributed by atoms with E-state index in [2.05, 4.69) is 36.1 Å². The highest BCUT2D eigenvalue weighted by Crippen LogP contribution is 2.24. The monoisotopic (exact) mass is 476 g/mol. The smallest absolute Gasteiger partial charge is 0.272 e. The van der Waals surface area contributed by atoms with Gasteiger partial charge in [-0.25, -0.2) is 14.5 Å². The average Bonchev–Trinajstić information content (AvgIpc) is 2.77. The molecule has 0 aliphatic heterocycles. The third kappa shape index (κ3) is 3.55. The minimum absolute atomic E-state index is 0.151. The number of benzene rings is 3. The molecule has 5 aromatic rings. The van der Waals surface area contributed by atoms with Crippen molar-refractivity contribution in [2.24, 2.45) is 0 Å². The number of fused-ring (bicyclic) bond motifs is 2. The number of halogens is 2. The second kappa shape index (κ2) is 7.55. The molecule has 2 aromatic heterocycles. The van der Waals surface area contributed by atoms with Gasteiger partial charge in [-0.15, -0.1) is 0 Å². The molecule has 2 N–H and O–H groups in total. The van der Waals surface area contributed by atoms with Crippen LogP contribution in [0.3, 0.4) is 0 Å². The molecule has 0 unspecified atom stereocenters. The van der Waals surface area contributed by atoms with Crippen LogP contribution < -0.4 is 11.1 Å².